The molecule has 9 nitrogen and oxygen atoms in total. The number of anilines is 3. The van der Waals surface area contributed by atoms with Gasteiger partial charge < -0.3 is 15.1 Å². The maximum absolute atomic E-state index is 13.6. The third-order valence-corrected chi connectivity index (χ3v) is 6.84. The highest BCUT2D eigenvalue weighted by atomic mass is 16.1. The van der Waals surface area contributed by atoms with Crippen LogP contribution in [0.4, 0.5) is 17.3 Å². The second kappa shape index (κ2) is 10.4. The number of rotatable bonds is 7. The molecule has 1 aliphatic rings. The Hall–Kier alpha value is -3.85. The summed E-state index contributed by atoms with van der Waals surface area (Å²) in [6.45, 7) is 8.35. The summed E-state index contributed by atoms with van der Waals surface area (Å²) < 4.78 is 1.76. The van der Waals surface area contributed by atoms with Crippen molar-refractivity contribution in [3.63, 3.8) is 0 Å². The van der Waals surface area contributed by atoms with Crippen LogP contribution in [0.15, 0.2) is 59.7 Å². The van der Waals surface area contributed by atoms with Gasteiger partial charge in [0.2, 0.25) is 5.95 Å². The van der Waals surface area contributed by atoms with Crippen molar-refractivity contribution in [3.8, 4) is 11.4 Å². The molecule has 0 atom stereocenters. The van der Waals surface area contributed by atoms with Crippen LogP contribution in [0.5, 0.6) is 0 Å². The van der Waals surface area contributed by atoms with Gasteiger partial charge in [-0.25, -0.2) is 9.97 Å². The van der Waals surface area contributed by atoms with Crippen LogP contribution in [0.2, 0.25) is 0 Å². The van der Waals surface area contributed by atoms with Crippen LogP contribution in [-0.2, 0) is 0 Å². The molecule has 1 saturated heterocycles. The van der Waals surface area contributed by atoms with E-state index in [1.54, 1.807) is 23.0 Å². The number of fused-ring (bicyclic) bond motifs is 1. The lowest BCUT2D eigenvalue weighted by Crippen LogP contribution is -2.44. The van der Waals surface area contributed by atoms with Gasteiger partial charge in [-0.05, 0) is 56.3 Å². The third-order valence-electron chi connectivity index (χ3n) is 6.84. The number of aromatic nitrogens is 5. The van der Waals surface area contributed by atoms with Gasteiger partial charge in [0, 0.05) is 49.8 Å². The van der Waals surface area contributed by atoms with Gasteiger partial charge in [-0.15, -0.1) is 0 Å². The second-order valence-electron chi connectivity index (χ2n) is 9.19. The minimum absolute atomic E-state index is 0.00363. The van der Waals surface area contributed by atoms with Crippen molar-refractivity contribution in [1.82, 2.24) is 29.4 Å². The van der Waals surface area contributed by atoms with Crippen molar-refractivity contribution in [2.24, 2.45) is 0 Å². The number of hydrogen-bond donors (Lipinski definition) is 1. The summed E-state index contributed by atoms with van der Waals surface area (Å²) in [7, 11) is 2.16. The van der Waals surface area contributed by atoms with Crippen LogP contribution < -0.4 is 15.8 Å². The normalized spacial score (nSPS) is 14.5. The van der Waals surface area contributed by atoms with E-state index in [1.165, 1.54) is 5.69 Å². The van der Waals surface area contributed by atoms with E-state index >= 15 is 0 Å². The van der Waals surface area contributed by atoms with E-state index < -0.39 is 0 Å². The maximum Gasteiger partial charge on any atom is 0.280 e. The van der Waals surface area contributed by atoms with E-state index in [1.807, 2.05) is 24.3 Å². The molecule has 0 bridgehead atoms. The number of benzene rings is 1. The van der Waals surface area contributed by atoms with Crippen molar-refractivity contribution in [3.05, 3.63) is 65.2 Å². The number of pyridine rings is 1. The first-order valence-electron chi connectivity index (χ1n) is 12.6. The van der Waals surface area contributed by atoms with E-state index in [-0.39, 0.29) is 11.6 Å². The van der Waals surface area contributed by atoms with Gasteiger partial charge in [-0.1, -0.05) is 19.9 Å². The Morgan fingerprint density at radius 1 is 0.944 bits per heavy atom. The Morgan fingerprint density at radius 3 is 2.36 bits per heavy atom. The Morgan fingerprint density at radius 2 is 1.69 bits per heavy atom. The molecule has 0 amide bonds. The van der Waals surface area contributed by atoms with Crippen LogP contribution in [0.25, 0.3) is 22.6 Å². The fraction of sp³-hybridized carbons (Fsp3) is 0.370. The van der Waals surface area contributed by atoms with E-state index in [0.29, 0.717) is 28.5 Å². The molecule has 0 spiro atoms. The summed E-state index contributed by atoms with van der Waals surface area (Å²) in [5, 5.41) is 3.30. The Kier molecular flexibility index (Phi) is 6.90. The summed E-state index contributed by atoms with van der Waals surface area (Å²) in [6.07, 6.45) is 4.95. The minimum Gasteiger partial charge on any atom is -0.369 e. The van der Waals surface area contributed by atoms with Gasteiger partial charge in [0.15, 0.2) is 11.3 Å². The molecule has 0 saturated carbocycles. The zero-order valence-corrected chi connectivity index (χ0v) is 21.1. The summed E-state index contributed by atoms with van der Waals surface area (Å²) in [5.74, 6) is 0.432. The molecule has 1 aliphatic heterocycles. The van der Waals surface area contributed by atoms with Gasteiger partial charge in [0.25, 0.3) is 5.56 Å². The molecule has 36 heavy (non-hydrogen) atoms. The van der Waals surface area contributed by atoms with Crippen molar-refractivity contribution in [2.75, 3.05) is 43.4 Å². The Labute approximate surface area is 210 Å². The number of piperazine rings is 1. The second-order valence-corrected chi connectivity index (χ2v) is 9.19. The van der Waals surface area contributed by atoms with E-state index in [4.69, 9.17) is 4.98 Å². The molecule has 1 aromatic carbocycles. The molecule has 0 radical (unpaired) electrons. The summed E-state index contributed by atoms with van der Waals surface area (Å²) in [4.78, 5) is 36.6. The van der Waals surface area contributed by atoms with Crippen LogP contribution in [-0.4, -0.2) is 62.6 Å². The van der Waals surface area contributed by atoms with Gasteiger partial charge in [0.05, 0.1) is 11.9 Å². The molecule has 3 aromatic heterocycles. The molecule has 0 unspecified atom stereocenters. The first-order chi connectivity index (χ1) is 17.6. The predicted octanol–water partition coefficient (Wildman–Crippen LogP) is 4.11. The fourth-order valence-corrected chi connectivity index (χ4v) is 4.67. The molecule has 186 valence electrons. The molecule has 1 N–H and O–H groups in total. The molecule has 0 aliphatic carbocycles. The van der Waals surface area contributed by atoms with Crippen molar-refractivity contribution in [1.29, 1.82) is 0 Å². The topological polar surface area (TPSA) is 92.1 Å². The van der Waals surface area contributed by atoms with Gasteiger partial charge in [0.1, 0.15) is 5.52 Å². The quantitative estimate of drug-likeness (QED) is 0.419. The molecule has 9 heteroatoms. The number of nitrogens with zero attached hydrogens (tertiary/aromatic N) is 7. The van der Waals surface area contributed by atoms with Crippen molar-refractivity contribution < 1.29 is 0 Å². The lowest BCUT2D eigenvalue weighted by Gasteiger charge is -2.34. The highest BCUT2D eigenvalue weighted by molar-refractivity contribution is 5.75. The number of hydrogen-bond acceptors (Lipinski definition) is 8. The molecule has 4 heterocycles. The van der Waals surface area contributed by atoms with Crippen LogP contribution >= 0.6 is 0 Å². The van der Waals surface area contributed by atoms with E-state index in [0.717, 1.165) is 44.7 Å². The number of nitrogens with one attached hydrogen (secondary N) is 1. The van der Waals surface area contributed by atoms with Crippen LogP contribution in [0.3, 0.4) is 0 Å². The minimum atomic E-state index is -0.184. The zero-order chi connectivity index (χ0) is 25.1. The molecule has 5 rings (SSSR count). The van der Waals surface area contributed by atoms with Crippen LogP contribution in [0, 0.1) is 0 Å². The zero-order valence-electron chi connectivity index (χ0n) is 21.1. The summed E-state index contributed by atoms with van der Waals surface area (Å²) >= 11 is 0. The standard InChI is InChI=1S/C27H32N8O/c1-4-20(5-2)35-25-23(31-24(26(35)36)22-8-6-7-13-28-22)18-29-27(32-25)30-19-9-11-21(12-10-19)34-16-14-33(3)15-17-34/h6-13,18,20H,4-5,14-17H2,1-3H3,(H,29,30,32). The van der Waals surface area contributed by atoms with Gasteiger partial charge in [-0.2, -0.15) is 4.98 Å². The highest BCUT2D eigenvalue weighted by Gasteiger charge is 2.20. The van der Waals surface area contributed by atoms with Crippen LogP contribution in [0.1, 0.15) is 32.7 Å². The largest absolute Gasteiger partial charge is 0.369 e. The average Bonchev–Trinajstić information content (AvgIpc) is 2.92. The Balaban J connectivity index is 1.48. The number of likely N-dealkylation sites (N-methyl/N-ethyl adjacent to an activating group) is 1. The lowest BCUT2D eigenvalue weighted by atomic mass is 10.1. The van der Waals surface area contributed by atoms with Crippen molar-refractivity contribution >= 4 is 28.5 Å². The molecule has 4 aromatic rings. The first kappa shape index (κ1) is 23.9. The monoisotopic (exact) mass is 484 g/mol. The molecular weight excluding hydrogens is 452 g/mol. The highest BCUT2D eigenvalue weighted by Crippen LogP contribution is 2.24. The smallest absolute Gasteiger partial charge is 0.280 e. The SMILES string of the molecule is CCC(CC)n1c(=O)c(-c2ccccn2)nc2cnc(Nc3ccc(N4CCN(C)CC4)cc3)nc21. The fourth-order valence-electron chi connectivity index (χ4n) is 4.67. The summed E-state index contributed by atoms with van der Waals surface area (Å²) in [5.41, 5.74) is 3.88. The predicted molar refractivity (Wildman–Crippen MR) is 144 cm³/mol. The van der Waals surface area contributed by atoms with Gasteiger partial charge in [-0.3, -0.25) is 14.3 Å². The average molecular weight is 485 g/mol. The van der Waals surface area contributed by atoms with E-state index in [2.05, 4.69) is 63.1 Å². The molecular formula is C27H32N8O. The Bertz CT molecular complexity index is 1380. The summed E-state index contributed by atoms with van der Waals surface area (Å²) in [6, 6.07) is 13.8. The van der Waals surface area contributed by atoms with Gasteiger partial charge >= 0.3 is 0 Å². The third kappa shape index (κ3) is 4.79. The molecule has 1 fully saturated rings. The van der Waals surface area contributed by atoms with Crippen molar-refractivity contribution in [2.45, 2.75) is 32.7 Å². The van der Waals surface area contributed by atoms with E-state index in [9.17, 15) is 4.79 Å². The first-order valence-corrected chi connectivity index (χ1v) is 12.6. The maximum atomic E-state index is 13.6. The lowest BCUT2D eigenvalue weighted by molar-refractivity contribution is 0.313.